The van der Waals surface area contributed by atoms with E-state index in [4.69, 9.17) is 9.26 Å². The Hall–Kier alpha value is -3.22. The van der Waals surface area contributed by atoms with Gasteiger partial charge in [-0.25, -0.2) is 4.39 Å². The van der Waals surface area contributed by atoms with Gasteiger partial charge in [0, 0.05) is 25.6 Å². The number of para-hydroxylation sites is 1. The van der Waals surface area contributed by atoms with Gasteiger partial charge in [0.15, 0.2) is 12.4 Å². The summed E-state index contributed by atoms with van der Waals surface area (Å²) < 4.78 is 23.8. The van der Waals surface area contributed by atoms with Gasteiger partial charge in [0.05, 0.1) is 0 Å². The van der Waals surface area contributed by atoms with Gasteiger partial charge in [-0.15, -0.1) is 0 Å². The lowest BCUT2D eigenvalue weighted by molar-refractivity contribution is 0.0795. The first-order valence-corrected chi connectivity index (χ1v) is 8.54. The summed E-state index contributed by atoms with van der Waals surface area (Å²) in [6.45, 7) is 2.55. The molecule has 6 nitrogen and oxygen atoms in total. The predicted octanol–water partition coefficient (Wildman–Crippen LogP) is 3.41. The summed E-state index contributed by atoms with van der Waals surface area (Å²) in [5.74, 6) is 1.07. The number of benzene rings is 2. The molecule has 0 atom stereocenters. The molecule has 0 radical (unpaired) electrons. The normalized spacial score (nSPS) is 10.6. The third kappa shape index (κ3) is 4.91. The van der Waals surface area contributed by atoms with Crippen LogP contribution in [0.3, 0.4) is 0 Å². The third-order valence-corrected chi connectivity index (χ3v) is 4.06. The summed E-state index contributed by atoms with van der Waals surface area (Å²) in [4.78, 5) is 18.1. The summed E-state index contributed by atoms with van der Waals surface area (Å²) in [6, 6.07) is 13.1. The van der Waals surface area contributed by atoms with Gasteiger partial charge in [-0.2, -0.15) is 4.98 Å². The van der Waals surface area contributed by atoms with Crippen LogP contribution in [0.25, 0.3) is 0 Å². The lowest BCUT2D eigenvalue weighted by atomic mass is 10.2. The summed E-state index contributed by atoms with van der Waals surface area (Å²) >= 11 is 0. The molecule has 7 heteroatoms. The molecular formula is C20H20FN3O3. The van der Waals surface area contributed by atoms with Gasteiger partial charge in [-0.05, 0) is 42.8 Å². The Labute approximate surface area is 156 Å². The van der Waals surface area contributed by atoms with Crippen molar-refractivity contribution in [2.75, 3.05) is 13.6 Å². The van der Waals surface area contributed by atoms with E-state index in [2.05, 4.69) is 10.1 Å². The van der Waals surface area contributed by atoms with E-state index in [1.165, 1.54) is 29.2 Å². The van der Waals surface area contributed by atoms with Gasteiger partial charge in [-0.3, -0.25) is 4.79 Å². The molecule has 27 heavy (non-hydrogen) atoms. The van der Waals surface area contributed by atoms with Gasteiger partial charge in [0.1, 0.15) is 11.6 Å². The van der Waals surface area contributed by atoms with E-state index in [9.17, 15) is 9.18 Å². The Morgan fingerprint density at radius 2 is 1.93 bits per heavy atom. The van der Waals surface area contributed by atoms with Crippen LogP contribution in [-0.4, -0.2) is 34.5 Å². The van der Waals surface area contributed by atoms with Gasteiger partial charge in [0.25, 0.3) is 11.8 Å². The number of aromatic nitrogens is 2. The maximum atomic E-state index is 13.0. The fourth-order valence-electron chi connectivity index (χ4n) is 2.49. The highest BCUT2D eigenvalue weighted by Gasteiger charge is 2.14. The second kappa shape index (κ2) is 8.44. The highest BCUT2D eigenvalue weighted by molar-refractivity contribution is 5.93. The first kappa shape index (κ1) is 18.6. The quantitative estimate of drug-likeness (QED) is 0.638. The molecule has 0 spiro atoms. The number of nitrogens with zero attached hydrogens (tertiary/aromatic N) is 3. The number of amides is 1. The number of carbonyl (C=O) groups excluding carboxylic acids is 1. The molecule has 2 aromatic carbocycles. The van der Waals surface area contributed by atoms with E-state index in [0.717, 1.165) is 11.3 Å². The van der Waals surface area contributed by atoms with E-state index >= 15 is 0 Å². The summed E-state index contributed by atoms with van der Waals surface area (Å²) in [5, 5.41) is 3.91. The molecule has 0 aliphatic carbocycles. The topological polar surface area (TPSA) is 68.5 Å². The van der Waals surface area contributed by atoms with E-state index in [1.807, 2.05) is 31.2 Å². The molecule has 0 saturated heterocycles. The molecule has 3 rings (SSSR count). The van der Waals surface area contributed by atoms with Crippen LogP contribution < -0.4 is 4.74 Å². The number of hydrogen-bond acceptors (Lipinski definition) is 5. The van der Waals surface area contributed by atoms with Gasteiger partial charge >= 0.3 is 0 Å². The van der Waals surface area contributed by atoms with Crippen LogP contribution in [0.2, 0.25) is 0 Å². The van der Waals surface area contributed by atoms with Crippen LogP contribution in [0.5, 0.6) is 5.75 Å². The Kier molecular flexibility index (Phi) is 5.80. The van der Waals surface area contributed by atoms with Crippen LogP contribution >= 0.6 is 0 Å². The monoisotopic (exact) mass is 369 g/mol. The number of aryl methyl sites for hydroxylation is 1. The van der Waals surface area contributed by atoms with Crippen molar-refractivity contribution in [3.63, 3.8) is 0 Å². The molecule has 0 fully saturated rings. The Morgan fingerprint density at radius 3 is 2.67 bits per heavy atom. The maximum absolute atomic E-state index is 13.0. The summed E-state index contributed by atoms with van der Waals surface area (Å²) in [5.41, 5.74) is 1.46. The standard InChI is InChI=1S/C20H20FN3O3/c1-14-5-3-4-6-17(14)26-13-19-22-18(23-27-19)11-12-24(2)20(25)15-7-9-16(21)10-8-15/h3-10H,11-13H2,1-2H3. The molecule has 0 aliphatic rings. The van der Waals surface area contributed by atoms with E-state index in [-0.39, 0.29) is 18.3 Å². The molecule has 0 N–H and O–H groups in total. The van der Waals surface area contributed by atoms with Crippen LogP contribution in [0.4, 0.5) is 4.39 Å². The minimum Gasteiger partial charge on any atom is -0.483 e. The summed E-state index contributed by atoms with van der Waals surface area (Å²) in [7, 11) is 1.67. The second-order valence-electron chi connectivity index (χ2n) is 6.14. The smallest absolute Gasteiger partial charge is 0.264 e. The SMILES string of the molecule is Cc1ccccc1OCc1nc(CCN(C)C(=O)c2ccc(F)cc2)no1. The average Bonchev–Trinajstić information content (AvgIpc) is 3.13. The van der Waals surface area contributed by atoms with Crippen molar-refractivity contribution < 1.29 is 18.4 Å². The highest BCUT2D eigenvalue weighted by Crippen LogP contribution is 2.17. The average molecular weight is 369 g/mol. The molecule has 1 heterocycles. The molecule has 1 aromatic heterocycles. The number of rotatable bonds is 7. The minimum atomic E-state index is -0.374. The molecule has 3 aromatic rings. The van der Waals surface area contributed by atoms with E-state index in [0.29, 0.717) is 30.2 Å². The molecule has 0 saturated carbocycles. The van der Waals surface area contributed by atoms with E-state index in [1.54, 1.807) is 7.05 Å². The second-order valence-corrected chi connectivity index (χ2v) is 6.14. The lowest BCUT2D eigenvalue weighted by Crippen LogP contribution is -2.29. The van der Waals surface area contributed by atoms with Crippen molar-refractivity contribution in [2.45, 2.75) is 20.0 Å². The number of halogens is 1. The van der Waals surface area contributed by atoms with Crippen molar-refractivity contribution in [3.8, 4) is 5.75 Å². The first-order chi connectivity index (χ1) is 13.0. The van der Waals surface area contributed by atoms with Crippen LogP contribution in [0.15, 0.2) is 53.1 Å². The van der Waals surface area contributed by atoms with Gasteiger partial charge in [0.2, 0.25) is 0 Å². The third-order valence-electron chi connectivity index (χ3n) is 4.06. The fraction of sp³-hybridized carbons (Fsp3) is 0.250. The first-order valence-electron chi connectivity index (χ1n) is 8.54. The summed E-state index contributed by atoms with van der Waals surface area (Å²) in [6.07, 6.45) is 0.442. The Bertz CT molecular complexity index is 909. The molecule has 0 unspecified atom stereocenters. The number of likely N-dealkylation sites (N-methyl/N-ethyl adjacent to an activating group) is 1. The van der Waals surface area contributed by atoms with Crippen molar-refractivity contribution in [3.05, 3.63) is 77.2 Å². The van der Waals surface area contributed by atoms with Crippen molar-refractivity contribution in [2.24, 2.45) is 0 Å². The molecule has 1 amide bonds. The van der Waals surface area contributed by atoms with Crippen molar-refractivity contribution in [1.82, 2.24) is 15.0 Å². The van der Waals surface area contributed by atoms with Crippen LogP contribution in [0, 0.1) is 12.7 Å². The van der Waals surface area contributed by atoms with Gasteiger partial charge < -0.3 is 14.2 Å². The number of carbonyl (C=O) groups is 1. The van der Waals surface area contributed by atoms with Crippen molar-refractivity contribution in [1.29, 1.82) is 0 Å². The van der Waals surface area contributed by atoms with E-state index < -0.39 is 0 Å². The highest BCUT2D eigenvalue weighted by atomic mass is 19.1. The predicted molar refractivity (Wildman–Crippen MR) is 96.9 cm³/mol. The largest absolute Gasteiger partial charge is 0.483 e. The molecule has 0 bridgehead atoms. The molecule has 0 aliphatic heterocycles. The molecular weight excluding hydrogens is 349 g/mol. The zero-order valence-electron chi connectivity index (χ0n) is 15.2. The zero-order chi connectivity index (χ0) is 19.2. The fourth-order valence-corrected chi connectivity index (χ4v) is 2.49. The maximum Gasteiger partial charge on any atom is 0.264 e. The number of ether oxygens (including phenoxy) is 1. The van der Waals surface area contributed by atoms with Crippen molar-refractivity contribution >= 4 is 5.91 Å². The Morgan fingerprint density at radius 1 is 1.19 bits per heavy atom. The number of hydrogen-bond donors (Lipinski definition) is 0. The zero-order valence-corrected chi connectivity index (χ0v) is 15.2. The van der Waals surface area contributed by atoms with Crippen LogP contribution in [0.1, 0.15) is 27.6 Å². The lowest BCUT2D eigenvalue weighted by Gasteiger charge is -2.16. The van der Waals surface area contributed by atoms with Gasteiger partial charge in [-0.1, -0.05) is 23.4 Å². The Balaban J connectivity index is 1.51. The minimum absolute atomic E-state index is 0.183. The molecule has 140 valence electrons. The van der Waals surface area contributed by atoms with Crippen LogP contribution in [-0.2, 0) is 13.0 Å².